The fourth-order valence-electron chi connectivity index (χ4n) is 2.85. The molecule has 1 aliphatic heterocycles. The maximum atomic E-state index is 12.4. The minimum atomic E-state index is -0.322. The second-order valence-electron chi connectivity index (χ2n) is 5.95. The fraction of sp³-hybridized carbons (Fsp3) is 0.263. The lowest BCUT2D eigenvalue weighted by Crippen LogP contribution is -2.32. The van der Waals surface area contributed by atoms with Gasteiger partial charge in [0, 0.05) is 35.1 Å². The Morgan fingerprint density at radius 1 is 1.28 bits per heavy atom. The summed E-state index contributed by atoms with van der Waals surface area (Å²) in [4.78, 5) is 27.5. The highest BCUT2D eigenvalue weighted by atomic mass is 35.5. The number of nitrogens with one attached hydrogen (secondary N) is 1. The summed E-state index contributed by atoms with van der Waals surface area (Å²) < 4.78 is 0. The van der Waals surface area contributed by atoms with Gasteiger partial charge in [-0.3, -0.25) is 9.59 Å². The fourth-order valence-corrected chi connectivity index (χ4v) is 3.43. The Bertz CT molecular complexity index is 779. The second-order valence-corrected chi connectivity index (χ2v) is 7.27. The van der Waals surface area contributed by atoms with Crippen molar-refractivity contribution in [1.82, 2.24) is 5.32 Å². The smallest absolute Gasteiger partial charge is 0.227 e. The van der Waals surface area contributed by atoms with Crippen molar-refractivity contribution < 1.29 is 9.59 Å². The van der Waals surface area contributed by atoms with Gasteiger partial charge < -0.3 is 10.2 Å². The first-order chi connectivity index (χ1) is 12.1. The monoisotopic (exact) mass is 374 g/mol. The first kappa shape index (κ1) is 17.8. The van der Waals surface area contributed by atoms with Crippen LogP contribution < -0.4 is 10.2 Å². The van der Waals surface area contributed by atoms with Crippen LogP contribution in [0, 0.1) is 5.92 Å². The van der Waals surface area contributed by atoms with E-state index >= 15 is 0 Å². The molecule has 0 radical (unpaired) electrons. The lowest BCUT2D eigenvalue weighted by molar-refractivity contribution is -0.126. The van der Waals surface area contributed by atoms with Crippen molar-refractivity contribution in [3.63, 3.8) is 0 Å². The van der Waals surface area contributed by atoms with Gasteiger partial charge in [-0.2, -0.15) is 0 Å². The maximum absolute atomic E-state index is 12.4. The van der Waals surface area contributed by atoms with Gasteiger partial charge in [0.15, 0.2) is 0 Å². The highest BCUT2D eigenvalue weighted by Crippen LogP contribution is 2.28. The van der Waals surface area contributed by atoms with Gasteiger partial charge in [0.05, 0.1) is 5.92 Å². The molecule has 1 atom stereocenters. The van der Waals surface area contributed by atoms with Crippen molar-refractivity contribution in [2.45, 2.75) is 17.9 Å². The number of anilines is 1. The molecule has 0 spiro atoms. The Morgan fingerprint density at radius 2 is 2.04 bits per heavy atom. The minimum Gasteiger partial charge on any atom is -0.352 e. The molecular weight excluding hydrogens is 356 g/mol. The van der Waals surface area contributed by atoms with Crippen molar-refractivity contribution in [3.05, 3.63) is 59.1 Å². The summed E-state index contributed by atoms with van der Waals surface area (Å²) in [6.07, 6.45) is 2.24. The summed E-state index contributed by atoms with van der Waals surface area (Å²) in [6.45, 7) is 0.853. The quantitative estimate of drug-likeness (QED) is 0.811. The topological polar surface area (TPSA) is 49.4 Å². The molecule has 3 rings (SSSR count). The molecule has 0 aromatic heterocycles. The molecular formula is C19H19ClN2O2S. The van der Waals surface area contributed by atoms with Crippen LogP contribution in [0.2, 0.25) is 5.02 Å². The highest BCUT2D eigenvalue weighted by molar-refractivity contribution is 7.98. The zero-order valence-corrected chi connectivity index (χ0v) is 15.4. The number of benzene rings is 2. The van der Waals surface area contributed by atoms with E-state index in [1.807, 2.05) is 42.7 Å². The SMILES string of the molecule is CSc1cccc(N2C[C@@H](C(=O)NCc3ccc(Cl)cc3)CC2=O)c1. The van der Waals surface area contributed by atoms with Gasteiger partial charge in [-0.15, -0.1) is 11.8 Å². The Labute approximate surface area is 156 Å². The largest absolute Gasteiger partial charge is 0.352 e. The van der Waals surface area contributed by atoms with Gasteiger partial charge in [-0.25, -0.2) is 0 Å². The molecule has 2 aromatic rings. The second kappa shape index (κ2) is 7.93. The molecule has 0 unspecified atom stereocenters. The van der Waals surface area contributed by atoms with Crippen molar-refractivity contribution >= 4 is 40.9 Å². The lowest BCUT2D eigenvalue weighted by Gasteiger charge is -2.17. The van der Waals surface area contributed by atoms with Crippen LogP contribution in [0.5, 0.6) is 0 Å². The summed E-state index contributed by atoms with van der Waals surface area (Å²) in [7, 11) is 0. The molecule has 0 bridgehead atoms. The number of hydrogen-bond acceptors (Lipinski definition) is 3. The van der Waals surface area contributed by atoms with E-state index in [1.165, 1.54) is 0 Å². The Balaban J connectivity index is 1.61. The van der Waals surface area contributed by atoms with E-state index in [-0.39, 0.29) is 24.2 Å². The molecule has 1 aliphatic rings. The molecule has 1 saturated heterocycles. The van der Waals surface area contributed by atoms with Gasteiger partial charge in [-0.05, 0) is 42.2 Å². The third kappa shape index (κ3) is 4.35. The average Bonchev–Trinajstić information content (AvgIpc) is 3.03. The van der Waals surface area contributed by atoms with Crippen LogP contribution in [0.25, 0.3) is 0 Å². The van der Waals surface area contributed by atoms with E-state index in [0.29, 0.717) is 18.1 Å². The molecule has 4 nitrogen and oxygen atoms in total. The molecule has 1 fully saturated rings. The zero-order valence-electron chi connectivity index (χ0n) is 13.9. The average molecular weight is 375 g/mol. The summed E-state index contributed by atoms with van der Waals surface area (Å²) in [5.41, 5.74) is 1.83. The third-order valence-corrected chi connectivity index (χ3v) is 5.22. The summed E-state index contributed by atoms with van der Waals surface area (Å²) in [6, 6.07) is 15.2. The van der Waals surface area contributed by atoms with E-state index in [4.69, 9.17) is 11.6 Å². The van der Waals surface area contributed by atoms with Crippen LogP contribution in [-0.4, -0.2) is 24.6 Å². The number of rotatable bonds is 5. The summed E-state index contributed by atoms with van der Waals surface area (Å²) >= 11 is 7.49. The van der Waals surface area contributed by atoms with Crippen molar-refractivity contribution in [2.75, 3.05) is 17.7 Å². The van der Waals surface area contributed by atoms with Crippen LogP contribution in [0.3, 0.4) is 0 Å². The highest BCUT2D eigenvalue weighted by Gasteiger charge is 2.35. The van der Waals surface area contributed by atoms with E-state index in [0.717, 1.165) is 16.1 Å². The van der Waals surface area contributed by atoms with Crippen LogP contribution in [0.1, 0.15) is 12.0 Å². The number of amides is 2. The van der Waals surface area contributed by atoms with Crippen molar-refractivity contribution in [1.29, 1.82) is 0 Å². The number of carbonyl (C=O) groups is 2. The van der Waals surface area contributed by atoms with Crippen LogP contribution in [0.4, 0.5) is 5.69 Å². The van der Waals surface area contributed by atoms with Crippen LogP contribution in [-0.2, 0) is 16.1 Å². The van der Waals surface area contributed by atoms with Crippen molar-refractivity contribution in [2.24, 2.45) is 5.92 Å². The molecule has 6 heteroatoms. The number of halogens is 1. The minimum absolute atomic E-state index is 0.00936. The van der Waals surface area contributed by atoms with E-state index < -0.39 is 0 Å². The Kier molecular flexibility index (Phi) is 5.66. The number of carbonyl (C=O) groups excluding carboxylic acids is 2. The molecule has 25 heavy (non-hydrogen) atoms. The Morgan fingerprint density at radius 3 is 2.76 bits per heavy atom. The van der Waals surface area contributed by atoms with E-state index in [2.05, 4.69) is 5.32 Å². The lowest BCUT2D eigenvalue weighted by atomic mass is 10.1. The third-order valence-electron chi connectivity index (χ3n) is 4.24. The van der Waals surface area contributed by atoms with Crippen molar-refractivity contribution in [3.8, 4) is 0 Å². The first-order valence-corrected chi connectivity index (χ1v) is 9.63. The van der Waals surface area contributed by atoms with Gasteiger partial charge in [0.25, 0.3) is 0 Å². The van der Waals surface area contributed by atoms with Gasteiger partial charge in [0.2, 0.25) is 11.8 Å². The standard InChI is InChI=1S/C19H19ClN2O2S/c1-25-17-4-2-3-16(10-17)22-12-14(9-18(22)23)19(24)21-11-13-5-7-15(20)8-6-13/h2-8,10,14H,9,11-12H2,1H3,(H,21,24)/t14-/m0/s1. The van der Waals surface area contributed by atoms with Crippen LogP contribution in [0.15, 0.2) is 53.4 Å². The molecule has 2 aromatic carbocycles. The van der Waals surface area contributed by atoms with Gasteiger partial charge in [0.1, 0.15) is 0 Å². The molecule has 1 N–H and O–H groups in total. The van der Waals surface area contributed by atoms with Crippen LogP contribution >= 0.6 is 23.4 Å². The zero-order chi connectivity index (χ0) is 17.8. The number of hydrogen-bond donors (Lipinski definition) is 1. The van der Waals surface area contributed by atoms with E-state index in [1.54, 1.807) is 28.8 Å². The molecule has 130 valence electrons. The molecule has 0 aliphatic carbocycles. The molecule has 2 amide bonds. The molecule has 0 saturated carbocycles. The van der Waals surface area contributed by atoms with Gasteiger partial charge in [-0.1, -0.05) is 29.8 Å². The molecule has 1 heterocycles. The maximum Gasteiger partial charge on any atom is 0.227 e. The summed E-state index contributed by atoms with van der Waals surface area (Å²) in [5.74, 6) is -0.422. The predicted molar refractivity (Wildman–Crippen MR) is 102 cm³/mol. The van der Waals surface area contributed by atoms with Gasteiger partial charge >= 0.3 is 0 Å². The van der Waals surface area contributed by atoms with E-state index in [9.17, 15) is 9.59 Å². The number of thioether (sulfide) groups is 1. The number of nitrogens with zero attached hydrogens (tertiary/aromatic N) is 1. The first-order valence-electron chi connectivity index (χ1n) is 8.03. The summed E-state index contributed by atoms with van der Waals surface area (Å²) in [5, 5.41) is 3.58. The Hall–Kier alpha value is -1.98. The normalized spacial score (nSPS) is 17.0. The predicted octanol–water partition coefficient (Wildman–Crippen LogP) is 3.73.